The lowest BCUT2D eigenvalue weighted by Crippen LogP contribution is -2.42. The third kappa shape index (κ3) is 5.29. The zero-order chi connectivity index (χ0) is 20.8. The largest absolute Gasteiger partial charge is 0.354 e. The molecule has 5 nitrogen and oxygen atoms in total. The SMILES string of the molecule is O=C(NCC(c1cccs1)N1CCCCC1)C1CC(=O)N(CCc2ccccc2)C1. The Balaban J connectivity index is 1.30. The van der Waals surface area contributed by atoms with Crippen LogP contribution in [0.2, 0.25) is 0 Å². The van der Waals surface area contributed by atoms with Crippen LogP contribution >= 0.6 is 11.3 Å². The van der Waals surface area contributed by atoms with E-state index >= 15 is 0 Å². The van der Waals surface area contributed by atoms with Gasteiger partial charge in [0, 0.05) is 30.9 Å². The van der Waals surface area contributed by atoms with Crippen LogP contribution in [0.25, 0.3) is 0 Å². The molecule has 1 aromatic carbocycles. The lowest BCUT2D eigenvalue weighted by Gasteiger charge is -2.34. The number of amides is 2. The molecule has 6 heteroatoms. The molecule has 0 saturated carbocycles. The highest BCUT2D eigenvalue weighted by molar-refractivity contribution is 7.10. The van der Waals surface area contributed by atoms with Gasteiger partial charge in [-0.1, -0.05) is 42.8 Å². The van der Waals surface area contributed by atoms with Gasteiger partial charge in [0.25, 0.3) is 0 Å². The van der Waals surface area contributed by atoms with Crippen molar-refractivity contribution in [3.63, 3.8) is 0 Å². The fourth-order valence-electron chi connectivity index (χ4n) is 4.53. The van der Waals surface area contributed by atoms with Crippen molar-refractivity contribution in [3.05, 3.63) is 58.3 Å². The van der Waals surface area contributed by atoms with Gasteiger partial charge in [-0.25, -0.2) is 0 Å². The predicted octanol–water partition coefficient (Wildman–Crippen LogP) is 3.48. The number of carbonyl (C=O) groups is 2. The third-order valence-electron chi connectivity index (χ3n) is 6.27. The first-order valence-electron chi connectivity index (χ1n) is 11.1. The fraction of sp³-hybridized carbons (Fsp3) is 0.500. The molecule has 30 heavy (non-hydrogen) atoms. The standard InChI is InChI=1S/C24H31N3O2S/c28-23-16-20(18-27(23)14-11-19-8-3-1-4-9-19)24(29)25-17-21(22-10-7-15-30-22)26-12-5-2-6-13-26/h1,3-4,7-10,15,20-21H,2,5-6,11-14,16-18H2,(H,25,29). The van der Waals surface area contributed by atoms with Crippen molar-refractivity contribution >= 4 is 23.2 Å². The van der Waals surface area contributed by atoms with Crippen LogP contribution in [0.3, 0.4) is 0 Å². The molecule has 0 spiro atoms. The molecule has 2 aromatic rings. The molecule has 1 aromatic heterocycles. The van der Waals surface area contributed by atoms with Crippen molar-refractivity contribution in [2.75, 3.05) is 32.7 Å². The molecule has 2 atom stereocenters. The Bertz CT molecular complexity index is 818. The van der Waals surface area contributed by atoms with E-state index in [2.05, 4.69) is 39.9 Å². The number of thiophene rings is 1. The minimum atomic E-state index is -0.237. The number of hydrogen-bond acceptors (Lipinski definition) is 4. The molecule has 1 N–H and O–H groups in total. The molecular weight excluding hydrogens is 394 g/mol. The summed E-state index contributed by atoms with van der Waals surface area (Å²) in [6.07, 6.45) is 4.90. The van der Waals surface area contributed by atoms with Crippen LogP contribution in [0, 0.1) is 5.92 Å². The molecule has 2 unspecified atom stereocenters. The molecule has 0 radical (unpaired) electrons. The van der Waals surface area contributed by atoms with Crippen LogP contribution < -0.4 is 5.32 Å². The van der Waals surface area contributed by atoms with Crippen LogP contribution in [0.1, 0.15) is 42.2 Å². The van der Waals surface area contributed by atoms with Gasteiger partial charge in [0.05, 0.1) is 12.0 Å². The van der Waals surface area contributed by atoms with E-state index in [1.54, 1.807) is 11.3 Å². The van der Waals surface area contributed by atoms with Crippen molar-refractivity contribution < 1.29 is 9.59 Å². The normalized spacial score (nSPS) is 21.0. The molecule has 0 aliphatic carbocycles. The average molecular weight is 426 g/mol. The van der Waals surface area contributed by atoms with Gasteiger partial charge in [-0.3, -0.25) is 14.5 Å². The number of piperidine rings is 1. The van der Waals surface area contributed by atoms with Crippen LogP contribution in [-0.4, -0.2) is 54.3 Å². The molecule has 2 saturated heterocycles. The van der Waals surface area contributed by atoms with E-state index in [1.165, 1.54) is 29.7 Å². The first-order valence-corrected chi connectivity index (χ1v) is 12.0. The maximum absolute atomic E-state index is 12.9. The molecule has 2 fully saturated rings. The van der Waals surface area contributed by atoms with Crippen LogP contribution in [0.15, 0.2) is 47.8 Å². The van der Waals surface area contributed by atoms with Crippen molar-refractivity contribution in [3.8, 4) is 0 Å². The third-order valence-corrected chi connectivity index (χ3v) is 7.24. The summed E-state index contributed by atoms with van der Waals surface area (Å²) in [5.41, 5.74) is 1.22. The monoisotopic (exact) mass is 425 g/mol. The first kappa shape index (κ1) is 21.1. The molecular formula is C24H31N3O2S. The minimum Gasteiger partial charge on any atom is -0.354 e. The Morgan fingerprint density at radius 1 is 1.10 bits per heavy atom. The van der Waals surface area contributed by atoms with Gasteiger partial charge in [-0.05, 0) is 49.4 Å². The summed E-state index contributed by atoms with van der Waals surface area (Å²) in [7, 11) is 0. The Kier molecular flexibility index (Phi) is 7.18. The van der Waals surface area contributed by atoms with Crippen LogP contribution in [-0.2, 0) is 16.0 Å². The van der Waals surface area contributed by atoms with E-state index in [-0.39, 0.29) is 23.8 Å². The Morgan fingerprint density at radius 3 is 2.63 bits per heavy atom. The molecule has 2 aliphatic rings. The summed E-state index contributed by atoms with van der Waals surface area (Å²) in [5, 5.41) is 5.28. The number of nitrogens with one attached hydrogen (secondary N) is 1. The van der Waals surface area contributed by atoms with Crippen LogP contribution in [0.5, 0.6) is 0 Å². The van der Waals surface area contributed by atoms with E-state index in [0.29, 0.717) is 26.1 Å². The van der Waals surface area contributed by atoms with Crippen molar-refractivity contribution in [1.82, 2.24) is 15.1 Å². The van der Waals surface area contributed by atoms with Gasteiger partial charge < -0.3 is 10.2 Å². The molecule has 2 aliphatic heterocycles. The number of benzene rings is 1. The number of carbonyl (C=O) groups excluding carboxylic acids is 2. The number of hydrogen-bond donors (Lipinski definition) is 1. The number of nitrogens with zero attached hydrogens (tertiary/aromatic N) is 2. The summed E-state index contributed by atoms with van der Waals surface area (Å²) in [6.45, 7) is 4.01. The Morgan fingerprint density at radius 2 is 1.90 bits per heavy atom. The second kappa shape index (κ2) is 10.2. The highest BCUT2D eigenvalue weighted by Gasteiger charge is 2.34. The van der Waals surface area contributed by atoms with E-state index in [1.807, 2.05) is 23.1 Å². The van der Waals surface area contributed by atoms with Gasteiger partial charge in [-0.15, -0.1) is 11.3 Å². The molecule has 2 amide bonds. The zero-order valence-electron chi connectivity index (χ0n) is 17.5. The summed E-state index contributed by atoms with van der Waals surface area (Å²) in [4.78, 5) is 30.9. The highest BCUT2D eigenvalue weighted by Crippen LogP contribution is 2.28. The predicted molar refractivity (Wildman–Crippen MR) is 120 cm³/mol. The maximum atomic E-state index is 12.9. The second-order valence-corrected chi connectivity index (χ2v) is 9.33. The van der Waals surface area contributed by atoms with Gasteiger partial charge >= 0.3 is 0 Å². The molecule has 3 heterocycles. The lowest BCUT2D eigenvalue weighted by molar-refractivity contribution is -0.129. The molecule has 160 valence electrons. The summed E-state index contributed by atoms with van der Waals surface area (Å²) in [6, 6.07) is 14.7. The summed E-state index contributed by atoms with van der Waals surface area (Å²) < 4.78 is 0. The first-order chi connectivity index (χ1) is 14.7. The summed E-state index contributed by atoms with van der Waals surface area (Å²) >= 11 is 1.76. The summed E-state index contributed by atoms with van der Waals surface area (Å²) in [5.74, 6) is -0.125. The van der Waals surface area contributed by atoms with Gasteiger partial charge in [0.1, 0.15) is 0 Å². The van der Waals surface area contributed by atoms with E-state index in [4.69, 9.17) is 0 Å². The number of likely N-dealkylation sites (tertiary alicyclic amines) is 2. The van der Waals surface area contributed by atoms with Crippen molar-refractivity contribution in [2.45, 2.75) is 38.1 Å². The van der Waals surface area contributed by atoms with E-state index in [0.717, 1.165) is 19.5 Å². The van der Waals surface area contributed by atoms with Crippen molar-refractivity contribution in [2.24, 2.45) is 5.92 Å². The fourth-order valence-corrected chi connectivity index (χ4v) is 5.40. The number of rotatable bonds is 8. The van der Waals surface area contributed by atoms with E-state index in [9.17, 15) is 9.59 Å². The molecule has 4 rings (SSSR count). The maximum Gasteiger partial charge on any atom is 0.225 e. The Labute approximate surface area is 183 Å². The smallest absolute Gasteiger partial charge is 0.225 e. The van der Waals surface area contributed by atoms with Crippen LogP contribution in [0.4, 0.5) is 0 Å². The average Bonchev–Trinajstić information content (AvgIpc) is 3.44. The topological polar surface area (TPSA) is 52.7 Å². The quantitative estimate of drug-likeness (QED) is 0.705. The van der Waals surface area contributed by atoms with Gasteiger partial charge in [0.2, 0.25) is 11.8 Å². The highest BCUT2D eigenvalue weighted by atomic mass is 32.1. The van der Waals surface area contributed by atoms with Gasteiger partial charge in [-0.2, -0.15) is 0 Å². The second-order valence-electron chi connectivity index (χ2n) is 8.35. The molecule has 0 bridgehead atoms. The lowest BCUT2D eigenvalue weighted by atomic mass is 10.1. The zero-order valence-corrected chi connectivity index (χ0v) is 18.3. The Hall–Kier alpha value is -2.18. The van der Waals surface area contributed by atoms with Gasteiger partial charge in [0.15, 0.2) is 0 Å². The minimum absolute atomic E-state index is 0.0177. The van der Waals surface area contributed by atoms with E-state index < -0.39 is 0 Å². The van der Waals surface area contributed by atoms with Crippen molar-refractivity contribution in [1.29, 1.82) is 0 Å².